The number of aryl methyl sites for hydroxylation is 1. The fourth-order valence-electron chi connectivity index (χ4n) is 2.41. The van der Waals surface area contributed by atoms with Crippen molar-refractivity contribution in [1.29, 1.82) is 0 Å². The molecule has 1 saturated heterocycles. The average Bonchev–Trinajstić information content (AvgIpc) is 3.10. The second-order valence-electron chi connectivity index (χ2n) is 5.21. The Balaban J connectivity index is 2.10. The van der Waals surface area contributed by atoms with Gasteiger partial charge in [-0.3, -0.25) is 0 Å². The zero-order valence-electron chi connectivity index (χ0n) is 13.4. The van der Waals surface area contributed by atoms with Crippen LogP contribution >= 0.6 is 0 Å². The highest BCUT2D eigenvalue weighted by molar-refractivity contribution is 7.89. The summed E-state index contributed by atoms with van der Waals surface area (Å²) in [6.07, 6.45) is 0.813. The van der Waals surface area contributed by atoms with Crippen LogP contribution in [0.1, 0.15) is 29.7 Å². The molecule has 1 aromatic rings. The van der Waals surface area contributed by atoms with Gasteiger partial charge in [-0.1, -0.05) is 6.92 Å². The Labute approximate surface area is 141 Å². The highest BCUT2D eigenvalue weighted by Crippen LogP contribution is 2.22. The van der Waals surface area contributed by atoms with Gasteiger partial charge < -0.3 is 9.15 Å². The number of nitrogens with zero attached hydrogens (tertiary/aromatic N) is 1. The molecule has 0 unspecified atom stereocenters. The van der Waals surface area contributed by atoms with E-state index in [-0.39, 0.29) is 41.7 Å². The van der Waals surface area contributed by atoms with Crippen molar-refractivity contribution in [2.45, 2.75) is 24.7 Å². The van der Waals surface area contributed by atoms with Crippen molar-refractivity contribution in [3.8, 4) is 0 Å². The Kier molecular flexibility index (Phi) is 5.68. The standard InChI is InChI=1S/C13H20N2O7S2/c1-3-10-12(9-11(22-10)13(16)21-2)24(19,20)14-5-7-15-6-4-8-23(15,17)18/h9,14H,3-8H2,1-2H3. The predicted octanol–water partition coefficient (Wildman–Crippen LogP) is -0.0576. The lowest BCUT2D eigenvalue weighted by Crippen LogP contribution is -2.36. The van der Waals surface area contributed by atoms with E-state index in [0.29, 0.717) is 13.0 Å². The maximum atomic E-state index is 12.4. The smallest absolute Gasteiger partial charge is 0.373 e. The summed E-state index contributed by atoms with van der Waals surface area (Å²) in [4.78, 5) is 11.3. The van der Waals surface area contributed by atoms with Gasteiger partial charge in [0.1, 0.15) is 10.7 Å². The molecule has 0 saturated carbocycles. The van der Waals surface area contributed by atoms with Gasteiger partial charge in [0.2, 0.25) is 25.8 Å². The first kappa shape index (κ1) is 18.9. The number of nitrogens with one attached hydrogen (secondary N) is 1. The quantitative estimate of drug-likeness (QED) is 0.658. The number of hydrogen-bond acceptors (Lipinski definition) is 7. The van der Waals surface area contributed by atoms with E-state index in [1.807, 2.05) is 0 Å². The molecule has 2 rings (SSSR count). The van der Waals surface area contributed by atoms with Crippen molar-refractivity contribution < 1.29 is 30.8 Å². The lowest BCUT2D eigenvalue weighted by molar-refractivity contribution is 0.0563. The van der Waals surface area contributed by atoms with E-state index in [1.54, 1.807) is 6.92 Å². The number of ether oxygens (including phenoxy) is 1. The highest BCUT2D eigenvalue weighted by Gasteiger charge is 2.29. The van der Waals surface area contributed by atoms with Gasteiger partial charge in [0, 0.05) is 32.1 Å². The molecule has 1 aromatic heterocycles. The van der Waals surface area contributed by atoms with Crippen molar-refractivity contribution in [2.75, 3.05) is 32.5 Å². The second-order valence-corrected chi connectivity index (χ2v) is 9.03. The molecule has 9 nitrogen and oxygen atoms in total. The maximum Gasteiger partial charge on any atom is 0.373 e. The second kappa shape index (κ2) is 7.21. The fourth-order valence-corrected chi connectivity index (χ4v) is 5.20. The van der Waals surface area contributed by atoms with Crippen LogP contribution in [0.3, 0.4) is 0 Å². The first-order valence-electron chi connectivity index (χ1n) is 7.39. The first-order chi connectivity index (χ1) is 11.2. The number of esters is 1. The lowest BCUT2D eigenvalue weighted by atomic mass is 10.3. The van der Waals surface area contributed by atoms with Gasteiger partial charge in [0.25, 0.3) is 0 Å². The number of carbonyl (C=O) groups excluding carboxylic acids is 1. The summed E-state index contributed by atoms with van der Waals surface area (Å²) in [5, 5.41) is 0. The Morgan fingerprint density at radius 1 is 1.46 bits per heavy atom. The van der Waals surface area contributed by atoms with Gasteiger partial charge in [0.05, 0.1) is 12.9 Å². The van der Waals surface area contributed by atoms with Crippen molar-refractivity contribution >= 4 is 26.0 Å². The largest absolute Gasteiger partial charge is 0.463 e. The summed E-state index contributed by atoms with van der Waals surface area (Å²) in [7, 11) is -6.03. The first-order valence-corrected chi connectivity index (χ1v) is 10.5. The molecule has 0 amide bonds. The summed E-state index contributed by atoms with van der Waals surface area (Å²) in [5.41, 5.74) is 0. The van der Waals surface area contributed by atoms with Crippen LogP contribution in [0.5, 0.6) is 0 Å². The molecule has 1 aliphatic heterocycles. The fraction of sp³-hybridized carbons (Fsp3) is 0.615. The lowest BCUT2D eigenvalue weighted by Gasteiger charge is -2.14. The van der Waals surface area contributed by atoms with Crippen LogP contribution < -0.4 is 4.72 Å². The number of furan rings is 1. The number of carbonyl (C=O) groups is 1. The van der Waals surface area contributed by atoms with Crippen LogP contribution in [0.4, 0.5) is 0 Å². The Morgan fingerprint density at radius 3 is 2.71 bits per heavy atom. The van der Waals surface area contributed by atoms with Crippen LogP contribution in [0.25, 0.3) is 0 Å². The molecule has 0 bridgehead atoms. The normalized spacial score (nSPS) is 17.9. The van der Waals surface area contributed by atoms with Gasteiger partial charge in [-0.15, -0.1) is 0 Å². The van der Waals surface area contributed by atoms with Crippen LogP contribution in [-0.4, -0.2) is 59.6 Å². The monoisotopic (exact) mass is 380 g/mol. The molecule has 24 heavy (non-hydrogen) atoms. The van der Waals surface area contributed by atoms with Gasteiger partial charge in [0.15, 0.2) is 0 Å². The summed E-state index contributed by atoms with van der Waals surface area (Å²) >= 11 is 0. The molecule has 1 N–H and O–H groups in total. The molecule has 11 heteroatoms. The summed E-state index contributed by atoms with van der Waals surface area (Å²) in [6, 6.07) is 1.11. The Morgan fingerprint density at radius 2 is 2.17 bits per heavy atom. The van der Waals surface area contributed by atoms with E-state index in [2.05, 4.69) is 9.46 Å². The minimum absolute atomic E-state index is 0.0602. The number of hydrogen-bond donors (Lipinski definition) is 1. The van der Waals surface area contributed by atoms with Crippen molar-refractivity contribution in [3.05, 3.63) is 17.6 Å². The maximum absolute atomic E-state index is 12.4. The molecule has 0 aromatic carbocycles. The van der Waals surface area contributed by atoms with Gasteiger partial charge in [-0.05, 0) is 6.42 Å². The Bertz CT molecular complexity index is 811. The van der Waals surface area contributed by atoms with Crippen LogP contribution in [0.15, 0.2) is 15.4 Å². The van der Waals surface area contributed by atoms with Crippen LogP contribution in [0.2, 0.25) is 0 Å². The van der Waals surface area contributed by atoms with Gasteiger partial charge >= 0.3 is 5.97 Å². The third-order valence-corrected chi connectivity index (χ3v) is 7.09. The van der Waals surface area contributed by atoms with E-state index in [9.17, 15) is 21.6 Å². The zero-order chi connectivity index (χ0) is 18.0. The van der Waals surface area contributed by atoms with Gasteiger partial charge in [-0.2, -0.15) is 0 Å². The van der Waals surface area contributed by atoms with E-state index in [1.165, 1.54) is 11.4 Å². The molecule has 1 fully saturated rings. The number of methoxy groups -OCH3 is 1. The van der Waals surface area contributed by atoms with Crippen LogP contribution in [0, 0.1) is 0 Å². The van der Waals surface area contributed by atoms with E-state index >= 15 is 0 Å². The van der Waals surface area contributed by atoms with Gasteiger partial charge in [-0.25, -0.2) is 30.7 Å². The number of sulfonamides is 2. The minimum Gasteiger partial charge on any atom is -0.463 e. The van der Waals surface area contributed by atoms with E-state index < -0.39 is 26.0 Å². The zero-order valence-corrected chi connectivity index (χ0v) is 15.1. The summed E-state index contributed by atoms with van der Waals surface area (Å²) in [6.45, 7) is 2.08. The summed E-state index contributed by atoms with van der Waals surface area (Å²) < 4.78 is 61.4. The number of rotatable bonds is 7. The molecular formula is C13H20N2O7S2. The molecule has 0 spiro atoms. The third kappa shape index (κ3) is 3.97. The topological polar surface area (TPSA) is 123 Å². The molecule has 136 valence electrons. The highest BCUT2D eigenvalue weighted by atomic mass is 32.2. The predicted molar refractivity (Wildman–Crippen MR) is 84.6 cm³/mol. The minimum atomic E-state index is -3.93. The molecule has 2 heterocycles. The molecule has 0 radical (unpaired) electrons. The molecule has 1 aliphatic rings. The van der Waals surface area contributed by atoms with Crippen molar-refractivity contribution in [3.63, 3.8) is 0 Å². The van der Waals surface area contributed by atoms with Crippen molar-refractivity contribution in [2.24, 2.45) is 0 Å². The van der Waals surface area contributed by atoms with E-state index in [4.69, 9.17) is 4.42 Å². The molecule has 0 atom stereocenters. The van der Waals surface area contributed by atoms with E-state index in [0.717, 1.165) is 6.07 Å². The van der Waals surface area contributed by atoms with Crippen molar-refractivity contribution in [1.82, 2.24) is 9.03 Å². The summed E-state index contributed by atoms with van der Waals surface area (Å²) in [5.74, 6) is -0.743. The van der Waals surface area contributed by atoms with Crippen LogP contribution in [-0.2, 0) is 31.2 Å². The average molecular weight is 380 g/mol. The SMILES string of the molecule is CCc1oc(C(=O)OC)cc1S(=O)(=O)NCCN1CCCS1(=O)=O. The molecular weight excluding hydrogens is 360 g/mol. The third-order valence-electron chi connectivity index (χ3n) is 3.62. The molecule has 0 aliphatic carbocycles. The Hall–Kier alpha value is -1.43.